The Bertz CT molecular complexity index is 605. The first-order valence-corrected chi connectivity index (χ1v) is 5.40. The second-order valence-electron chi connectivity index (χ2n) is 3.84. The summed E-state index contributed by atoms with van der Waals surface area (Å²) in [5, 5.41) is 18.2. The molecule has 19 heavy (non-hydrogen) atoms. The zero-order chi connectivity index (χ0) is 13.8. The highest BCUT2D eigenvalue weighted by Crippen LogP contribution is 2.05. The molecule has 0 aliphatic heterocycles. The number of hydrogen-bond donors (Lipinski definition) is 2. The van der Waals surface area contributed by atoms with Gasteiger partial charge in [-0.05, 0) is 19.1 Å². The van der Waals surface area contributed by atoms with E-state index < -0.39 is 5.97 Å². The molecule has 0 fully saturated rings. The fourth-order valence-corrected chi connectivity index (χ4v) is 1.36. The third-order valence-electron chi connectivity index (χ3n) is 2.26. The number of rotatable bonds is 4. The van der Waals surface area contributed by atoms with E-state index in [0.717, 1.165) is 10.4 Å². The summed E-state index contributed by atoms with van der Waals surface area (Å²) in [5.41, 5.74) is 1.21. The van der Waals surface area contributed by atoms with E-state index in [4.69, 9.17) is 5.11 Å². The lowest BCUT2D eigenvalue weighted by Gasteiger charge is -2.04. The number of carboxylic acids is 1. The van der Waals surface area contributed by atoms with Crippen LogP contribution < -0.4 is 5.32 Å². The molecule has 2 rings (SSSR count). The maximum absolute atomic E-state index is 11.7. The maximum atomic E-state index is 11.7. The number of amides is 1. The Kier molecular flexibility index (Phi) is 3.51. The van der Waals surface area contributed by atoms with Gasteiger partial charge in [-0.15, -0.1) is 5.10 Å². The molecule has 0 saturated carbocycles. The van der Waals surface area contributed by atoms with Crippen LogP contribution in [-0.4, -0.2) is 37.0 Å². The number of pyridine rings is 1. The van der Waals surface area contributed by atoms with Crippen LogP contribution in [0.25, 0.3) is 0 Å². The van der Waals surface area contributed by atoms with Crippen LogP contribution in [-0.2, 0) is 11.3 Å². The number of hydrogen-bond acceptors (Lipinski definition) is 5. The van der Waals surface area contributed by atoms with Crippen molar-refractivity contribution in [3.8, 4) is 0 Å². The van der Waals surface area contributed by atoms with Crippen molar-refractivity contribution in [3.63, 3.8) is 0 Å². The van der Waals surface area contributed by atoms with Gasteiger partial charge in [0.1, 0.15) is 6.54 Å². The summed E-state index contributed by atoms with van der Waals surface area (Å²) in [4.78, 5) is 26.3. The molecule has 0 spiro atoms. The Balaban J connectivity index is 1.97. The summed E-state index contributed by atoms with van der Waals surface area (Å²) in [6, 6.07) is 3.50. The number of aryl methyl sites for hydroxylation is 1. The third-order valence-corrected chi connectivity index (χ3v) is 2.26. The van der Waals surface area contributed by atoms with E-state index >= 15 is 0 Å². The van der Waals surface area contributed by atoms with Gasteiger partial charge in [-0.1, -0.05) is 5.21 Å². The maximum Gasteiger partial charge on any atom is 0.358 e. The molecule has 0 aliphatic rings. The number of aromatic nitrogens is 4. The van der Waals surface area contributed by atoms with Gasteiger partial charge in [0.25, 0.3) is 0 Å². The van der Waals surface area contributed by atoms with Gasteiger partial charge >= 0.3 is 5.97 Å². The fraction of sp³-hybridized carbons (Fsp3) is 0.182. The Morgan fingerprint density at radius 1 is 1.42 bits per heavy atom. The Labute approximate surface area is 108 Å². The van der Waals surface area contributed by atoms with Crippen LogP contribution in [0.1, 0.15) is 16.2 Å². The van der Waals surface area contributed by atoms with Crippen molar-refractivity contribution in [3.05, 3.63) is 35.9 Å². The minimum Gasteiger partial charge on any atom is -0.476 e. The van der Waals surface area contributed by atoms with Crippen LogP contribution in [0.15, 0.2) is 24.5 Å². The molecule has 2 aromatic rings. The quantitative estimate of drug-likeness (QED) is 0.820. The van der Waals surface area contributed by atoms with Gasteiger partial charge in [0.05, 0.1) is 18.1 Å². The van der Waals surface area contributed by atoms with Gasteiger partial charge in [0.15, 0.2) is 5.69 Å². The van der Waals surface area contributed by atoms with E-state index in [1.54, 1.807) is 12.1 Å². The Hall–Kier alpha value is -2.77. The molecule has 0 bridgehead atoms. The molecule has 0 radical (unpaired) electrons. The summed E-state index contributed by atoms with van der Waals surface area (Å²) < 4.78 is 1.15. The second-order valence-corrected chi connectivity index (χ2v) is 3.84. The minimum absolute atomic E-state index is 0.117. The number of carboxylic acid groups (broad SMARTS) is 1. The molecule has 2 aromatic heterocycles. The summed E-state index contributed by atoms with van der Waals surface area (Å²) in [5.74, 6) is -1.53. The Morgan fingerprint density at radius 3 is 2.79 bits per heavy atom. The van der Waals surface area contributed by atoms with E-state index in [1.165, 1.54) is 12.4 Å². The second kappa shape index (κ2) is 5.25. The first-order valence-electron chi connectivity index (χ1n) is 5.40. The summed E-state index contributed by atoms with van der Waals surface area (Å²) in [6.07, 6.45) is 2.73. The van der Waals surface area contributed by atoms with Crippen LogP contribution in [0.4, 0.5) is 5.69 Å². The fourth-order valence-electron chi connectivity index (χ4n) is 1.36. The average molecular weight is 261 g/mol. The SMILES string of the molecule is Cc1ccc(NC(=O)Cn2cc(C(=O)O)nn2)cn1. The van der Waals surface area contributed by atoms with Crippen molar-refractivity contribution in [1.82, 2.24) is 20.0 Å². The molecule has 8 heteroatoms. The Morgan fingerprint density at radius 2 is 2.21 bits per heavy atom. The van der Waals surface area contributed by atoms with E-state index in [2.05, 4.69) is 20.6 Å². The predicted molar refractivity (Wildman–Crippen MR) is 64.6 cm³/mol. The van der Waals surface area contributed by atoms with Gasteiger partial charge in [-0.3, -0.25) is 9.78 Å². The van der Waals surface area contributed by atoms with E-state index in [9.17, 15) is 9.59 Å². The molecule has 0 unspecified atom stereocenters. The van der Waals surface area contributed by atoms with Crippen LogP contribution in [0.3, 0.4) is 0 Å². The van der Waals surface area contributed by atoms with Crippen LogP contribution in [0, 0.1) is 6.92 Å². The number of nitrogens with one attached hydrogen (secondary N) is 1. The van der Waals surface area contributed by atoms with Crippen molar-refractivity contribution in [2.24, 2.45) is 0 Å². The van der Waals surface area contributed by atoms with Crippen LogP contribution >= 0.6 is 0 Å². The molecule has 0 saturated heterocycles. The first kappa shape index (κ1) is 12.7. The van der Waals surface area contributed by atoms with E-state index in [1.807, 2.05) is 6.92 Å². The lowest BCUT2D eigenvalue weighted by molar-refractivity contribution is -0.116. The van der Waals surface area contributed by atoms with Crippen molar-refractivity contribution in [2.45, 2.75) is 13.5 Å². The van der Waals surface area contributed by atoms with Gasteiger partial charge < -0.3 is 10.4 Å². The van der Waals surface area contributed by atoms with Crippen molar-refractivity contribution >= 4 is 17.6 Å². The molecule has 8 nitrogen and oxygen atoms in total. The molecule has 0 aromatic carbocycles. The number of anilines is 1. The molecule has 1 amide bonds. The largest absolute Gasteiger partial charge is 0.476 e. The molecule has 2 heterocycles. The van der Waals surface area contributed by atoms with E-state index in [0.29, 0.717) is 5.69 Å². The highest BCUT2D eigenvalue weighted by atomic mass is 16.4. The van der Waals surface area contributed by atoms with Crippen molar-refractivity contribution < 1.29 is 14.7 Å². The first-order chi connectivity index (χ1) is 9.04. The summed E-state index contributed by atoms with van der Waals surface area (Å²) in [7, 11) is 0. The van der Waals surface area contributed by atoms with Crippen molar-refractivity contribution in [2.75, 3.05) is 5.32 Å². The van der Waals surface area contributed by atoms with Gasteiger partial charge in [0, 0.05) is 5.69 Å². The predicted octanol–water partition coefficient (Wildman–Crippen LogP) is 0.318. The van der Waals surface area contributed by atoms with Crippen molar-refractivity contribution in [1.29, 1.82) is 0 Å². The summed E-state index contributed by atoms with van der Waals surface area (Å²) in [6.45, 7) is 1.72. The van der Waals surface area contributed by atoms with Gasteiger partial charge in [-0.2, -0.15) is 0 Å². The van der Waals surface area contributed by atoms with Crippen LogP contribution in [0.2, 0.25) is 0 Å². The zero-order valence-corrected chi connectivity index (χ0v) is 10.1. The normalized spacial score (nSPS) is 10.2. The standard InChI is InChI=1S/C11H11N5O3/c1-7-2-3-8(4-12-7)13-10(17)6-16-5-9(11(18)19)14-15-16/h2-5H,6H2,1H3,(H,13,17)(H,18,19). The van der Waals surface area contributed by atoms with E-state index in [-0.39, 0.29) is 18.1 Å². The molecule has 0 aliphatic carbocycles. The number of carbonyl (C=O) groups is 2. The molecular weight excluding hydrogens is 250 g/mol. The number of aromatic carboxylic acids is 1. The number of carbonyl (C=O) groups excluding carboxylic acids is 1. The highest BCUT2D eigenvalue weighted by Gasteiger charge is 2.10. The smallest absolute Gasteiger partial charge is 0.358 e. The number of nitrogens with zero attached hydrogens (tertiary/aromatic N) is 4. The molecule has 2 N–H and O–H groups in total. The zero-order valence-electron chi connectivity index (χ0n) is 10.1. The monoisotopic (exact) mass is 261 g/mol. The lowest BCUT2D eigenvalue weighted by Crippen LogP contribution is -2.19. The van der Waals surface area contributed by atoms with Gasteiger partial charge in [0.2, 0.25) is 5.91 Å². The topological polar surface area (TPSA) is 110 Å². The minimum atomic E-state index is -1.19. The molecule has 98 valence electrons. The molecule has 0 atom stereocenters. The highest BCUT2D eigenvalue weighted by molar-refractivity contribution is 5.90. The third kappa shape index (κ3) is 3.35. The average Bonchev–Trinajstić information content (AvgIpc) is 2.80. The summed E-state index contributed by atoms with van der Waals surface area (Å²) >= 11 is 0. The molecular formula is C11H11N5O3. The van der Waals surface area contributed by atoms with Gasteiger partial charge in [-0.25, -0.2) is 9.48 Å². The lowest BCUT2D eigenvalue weighted by atomic mass is 10.3. The van der Waals surface area contributed by atoms with Crippen LogP contribution in [0.5, 0.6) is 0 Å².